The number of ether oxygens (including phenoxy) is 1. The number of rotatable bonds is 10. The quantitative estimate of drug-likeness (QED) is 0.225. The molecule has 11 nitrogen and oxygen atoms in total. The number of hydrogen-bond acceptors (Lipinski definition) is 9. The first-order valence-electron chi connectivity index (χ1n) is 12.2. The molecule has 39 heavy (non-hydrogen) atoms. The lowest BCUT2D eigenvalue weighted by Gasteiger charge is -2.22. The molecule has 0 unspecified atom stereocenters. The molecule has 4 rings (SSSR count). The summed E-state index contributed by atoms with van der Waals surface area (Å²) < 4.78 is 35.4. The molecule has 0 saturated heterocycles. The van der Waals surface area contributed by atoms with Gasteiger partial charge in [0.15, 0.2) is 11.6 Å². The van der Waals surface area contributed by atoms with Crippen LogP contribution in [0.2, 0.25) is 0 Å². The molecule has 0 spiro atoms. The van der Waals surface area contributed by atoms with Gasteiger partial charge < -0.3 is 24.4 Å². The molecular formula is C26H30F2N8O3. The fraction of sp³-hybridized carbons (Fsp3) is 0.346. The van der Waals surface area contributed by atoms with E-state index in [4.69, 9.17) is 4.74 Å². The molecule has 0 radical (unpaired) electrons. The number of nitrogens with one attached hydrogen (secondary N) is 1. The predicted molar refractivity (Wildman–Crippen MR) is 146 cm³/mol. The molecular weight excluding hydrogens is 510 g/mol. The third-order valence-corrected chi connectivity index (χ3v) is 5.95. The highest BCUT2D eigenvalue weighted by molar-refractivity contribution is 5.95. The fourth-order valence-corrected chi connectivity index (χ4v) is 4.02. The third-order valence-electron chi connectivity index (χ3n) is 5.95. The number of nitro groups is 1. The van der Waals surface area contributed by atoms with Crippen molar-refractivity contribution < 1.29 is 18.4 Å². The van der Waals surface area contributed by atoms with Crippen molar-refractivity contribution in [2.75, 3.05) is 44.4 Å². The standard InChI is InChI=1S/C26H30F2N8O3/c1-15(2)39-25-21(13-23(36(37)38)24(32-25)34(5)10-9-33(3)4)31-26-29-8-7-20(30-26)17-14-35(6)22-12-19(28)18(27)11-16(17)22/h7-8,11-15H,9-10H2,1-6H3,(H,29,30,31). The van der Waals surface area contributed by atoms with Gasteiger partial charge in [-0.2, -0.15) is 4.98 Å². The van der Waals surface area contributed by atoms with Gasteiger partial charge in [-0.15, -0.1) is 0 Å². The summed E-state index contributed by atoms with van der Waals surface area (Å²) in [6.07, 6.45) is 2.95. The smallest absolute Gasteiger partial charge is 0.313 e. The van der Waals surface area contributed by atoms with Crippen LogP contribution in [0, 0.1) is 21.7 Å². The van der Waals surface area contributed by atoms with Crippen molar-refractivity contribution >= 4 is 34.0 Å². The van der Waals surface area contributed by atoms with E-state index in [0.717, 1.165) is 12.1 Å². The Hall–Kier alpha value is -4.39. The summed E-state index contributed by atoms with van der Waals surface area (Å²) in [5, 5.41) is 15.5. The van der Waals surface area contributed by atoms with E-state index in [0.29, 0.717) is 35.2 Å². The minimum atomic E-state index is -0.966. The predicted octanol–water partition coefficient (Wildman–Crippen LogP) is 4.75. The van der Waals surface area contributed by atoms with Crippen LogP contribution in [0.15, 0.2) is 36.7 Å². The molecule has 0 bridgehead atoms. The van der Waals surface area contributed by atoms with E-state index in [1.54, 1.807) is 35.8 Å². The average molecular weight is 541 g/mol. The molecule has 1 N–H and O–H groups in total. The Balaban J connectivity index is 1.75. The molecule has 4 aromatic rings. The lowest BCUT2D eigenvalue weighted by Crippen LogP contribution is -2.29. The fourth-order valence-electron chi connectivity index (χ4n) is 4.02. The number of fused-ring (bicyclic) bond motifs is 1. The van der Waals surface area contributed by atoms with Crippen LogP contribution in [0.1, 0.15) is 13.8 Å². The van der Waals surface area contributed by atoms with E-state index in [2.05, 4.69) is 20.3 Å². The van der Waals surface area contributed by atoms with Crippen LogP contribution in [0.3, 0.4) is 0 Å². The summed E-state index contributed by atoms with van der Waals surface area (Å²) >= 11 is 0. The summed E-state index contributed by atoms with van der Waals surface area (Å²) in [4.78, 5) is 28.4. The van der Waals surface area contributed by atoms with E-state index < -0.39 is 16.6 Å². The maximum absolute atomic E-state index is 14.0. The monoisotopic (exact) mass is 540 g/mol. The number of likely N-dealkylation sites (N-methyl/N-ethyl adjacent to an activating group) is 2. The second-order valence-corrected chi connectivity index (χ2v) is 9.66. The highest BCUT2D eigenvalue weighted by atomic mass is 19.2. The average Bonchev–Trinajstić information content (AvgIpc) is 3.18. The lowest BCUT2D eigenvalue weighted by atomic mass is 10.1. The highest BCUT2D eigenvalue weighted by Gasteiger charge is 2.25. The summed E-state index contributed by atoms with van der Waals surface area (Å²) in [5.74, 6) is -1.47. The summed E-state index contributed by atoms with van der Waals surface area (Å²) in [6, 6.07) is 5.24. The molecule has 3 heterocycles. The van der Waals surface area contributed by atoms with Gasteiger partial charge in [0.25, 0.3) is 0 Å². The third kappa shape index (κ3) is 6.03. The highest BCUT2D eigenvalue weighted by Crippen LogP contribution is 2.37. The number of aromatic nitrogens is 4. The number of aryl methyl sites for hydroxylation is 1. The Bertz CT molecular complexity index is 1520. The molecule has 0 aliphatic rings. The molecule has 0 aliphatic carbocycles. The van der Waals surface area contributed by atoms with Crippen LogP contribution in [0.5, 0.6) is 5.88 Å². The van der Waals surface area contributed by atoms with Gasteiger partial charge in [-0.25, -0.2) is 18.7 Å². The van der Waals surface area contributed by atoms with E-state index in [9.17, 15) is 18.9 Å². The molecule has 0 fully saturated rings. The zero-order valence-corrected chi connectivity index (χ0v) is 22.6. The molecule has 0 saturated carbocycles. The first-order chi connectivity index (χ1) is 18.4. The molecule has 0 aliphatic heterocycles. The van der Waals surface area contributed by atoms with E-state index in [1.807, 2.05) is 32.8 Å². The van der Waals surface area contributed by atoms with Crippen LogP contribution in [0.4, 0.5) is 31.9 Å². The number of benzene rings is 1. The van der Waals surface area contributed by atoms with Gasteiger partial charge in [-0.05, 0) is 40.1 Å². The van der Waals surface area contributed by atoms with E-state index >= 15 is 0 Å². The van der Waals surface area contributed by atoms with Gasteiger partial charge in [-0.3, -0.25) is 10.1 Å². The minimum Gasteiger partial charge on any atom is -0.473 e. The van der Waals surface area contributed by atoms with Gasteiger partial charge in [0.05, 0.1) is 22.2 Å². The van der Waals surface area contributed by atoms with Crippen LogP contribution >= 0.6 is 0 Å². The van der Waals surface area contributed by atoms with E-state index in [-0.39, 0.29) is 35.1 Å². The van der Waals surface area contributed by atoms with Crippen LogP contribution in [0.25, 0.3) is 22.2 Å². The van der Waals surface area contributed by atoms with Crippen molar-refractivity contribution in [3.63, 3.8) is 0 Å². The molecule has 13 heteroatoms. The molecule has 1 aromatic carbocycles. The van der Waals surface area contributed by atoms with Gasteiger partial charge in [0, 0.05) is 62.7 Å². The zero-order chi connectivity index (χ0) is 28.4. The number of pyridine rings is 1. The Morgan fingerprint density at radius 1 is 1.13 bits per heavy atom. The van der Waals surface area contributed by atoms with Crippen molar-refractivity contribution in [1.29, 1.82) is 0 Å². The van der Waals surface area contributed by atoms with Crippen LogP contribution in [-0.2, 0) is 7.05 Å². The lowest BCUT2D eigenvalue weighted by molar-refractivity contribution is -0.384. The summed E-state index contributed by atoms with van der Waals surface area (Å²) in [5.41, 5.74) is 1.51. The first-order valence-corrected chi connectivity index (χ1v) is 12.2. The maximum atomic E-state index is 14.0. The number of nitrogens with zero attached hydrogens (tertiary/aromatic N) is 7. The summed E-state index contributed by atoms with van der Waals surface area (Å²) in [7, 11) is 7.28. The van der Waals surface area contributed by atoms with Gasteiger partial charge in [-0.1, -0.05) is 0 Å². The van der Waals surface area contributed by atoms with Crippen LogP contribution < -0.4 is 15.0 Å². The zero-order valence-electron chi connectivity index (χ0n) is 22.6. The van der Waals surface area contributed by atoms with E-state index in [1.165, 1.54) is 12.3 Å². The van der Waals surface area contributed by atoms with Crippen molar-refractivity contribution in [1.82, 2.24) is 24.4 Å². The largest absolute Gasteiger partial charge is 0.473 e. The second kappa shape index (κ2) is 11.2. The Morgan fingerprint density at radius 3 is 2.51 bits per heavy atom. The molecule has 0 atom stereocenters. The van der Waals surface area contributed by atoms with Crippen molar-refractivity contribution in [2.45, 2.75) is 20.0 Å². The Kier molecular flexibility index (Phi) is 7.90. The Morgan fingerprint density at radius 2 is 1.85 bits per heavy atom. The number of anilines is 3. The van der Waals surface area contributed by atoms with Crippen LogP contribution in [-0.4, -0.2) is 69.7 Å². The topological polar surface area (TPSA) is 114 Å². The van der Waals surface area contributed by atoms with Gasteiger partial charge >= 0.3 is 5.69 Å². The SMILES string of the molecule is CC(C)Oc1nc(N(C)CCN(C)C)c([N+](=O)[O-])cc1Nc1nccc(-c2cn(C)c3cc(F)c(F)cc23)n1. The van der Waals surface area contributed by atoms with Crippen molar-refractivity contribution in [2.24, 2.45) is 7.05 Å². The first kappa shape index (κ1) is 27.6. The summed E-state index contributed by atoms with van der Waals surface area (Å²) in [6.45, 7) is 4.82. The minimum absolute atomic E-state index is 0.116. The maximum Gasteiger partial charge on any atom is 0.313 e. The number of halogens is 2. The number of hydrogen-bond donors (Lipinski definition) is 1. The molecule has 0 amide bonds. The van der Waals surface area contributed by atoms with Crippen molar-refractivity contribution in [3.05, 3.63) is 58.4 Å². The van der Waals surface area contributed by atoms with Gasteiger partial charge in [0.1, 0.15) is 5.69 Å². The normalized spacial score (nSPS) is 11.4. The van der Waals surface area contributed by atoms with Crippen molar-refractivity contribution in [3.8, 4) is 17.1 Å². The second-order valence-electron chi connectivity index (χ2n) is 9.66. The molecule has 206 valence electrons. The van der Waals surface area contributed by atoms with Gasteiger partial charge in [0.2, 0.25) is 17.6 Å². The molecule has 3 aromatic heterocycles. The Labute approximate surface area is 224 Å².